The highest BCUT2D eigenvalue weighted by Gasteiger charge is 2.35. The molecule has 13 nitrogen and oxygen atoms in total. The van der Waals surface area contributed by atoms with E-state index >= 15 is 0 Å². The predicted octanol–water partition coefficient (Wildman–Crippen LogP) is 2.64. The standard InChI is InChI=1S/C25H36FN9O4/c1-4-38-22-14-28-21(13-29-22)31-24(36)34(3)19-15-35(12-8-18(19)26)23-27-9-5-20(30-23)32-25(37)39-16-17-6-10-33(2)11-7-17/h5,9,13-14,17-19H,4,6-8,10-12,15-16H2,1-3H3,(H,28,31,36)(H,27,30,32,37)/t18-,19+/m1/s1. The number of alkyl halides is 1. The maximum absolute atomic E-state index is 14.9. The fourth-order valence-corrected chi connectivity index (χ4v) is 4.53. The van der Waals surface area contributed by atoms with Crippen LogP contribution in [0.4, 0.5) is 31.6 Å². The summed E-state index contributed by atoms with van der Waals surface area (Å²) in [5, 5.41) is 5.28. The van der Waals surface area contributed by atoms with Crippen molar-refractivity contribution < 1.29 is 23.5 Å². The molecule has 2 fully saturated rings. The molecule has 4 heterocycles. The topological polar surface area (TPSA) is 138 Å². The molecule has 4 rings (SSSR count). The Kier molecular flexibility index (Phi) is 9.63. The van der Waals surface area contributed by atoms with Crippen molar-refractivity contribution in [1.82, 2.24) is 29.7 Å². The molecular formula is C25H36FN9O4. The molecule has 212 valence electrons. The number of anilines is 3. The SMILES string of the molecule is CCOc1cnc(NC(=O)N(C)[C@H]2CN(c3nccc(NC(=O)OCC4CCN(C)CC4)n3)CC[C@H]2F)cn1. The van der Waals surface area contributed by atoms with Crippen LogP contribution in [0.1, 0.15) is 26.2 Å². The third-order valence-corrected chi connectivity index (χ3v) is 6.92. The van der Waals surface area contributed by atoms with Crippen molar-refractivity contribution in [1.29, 1.82) is 0 Å². The first-order chi connectivity index (χ1) is 18.8. The van der Waals surface area contributed by atoms with Gasteiger partial charge in [-0.2, -0.15) is 4.98 Å². The van der Waals surface area contributed by atoms with E-state index in [4.69, 9.17) is 9.47 Å². The molecule has 0 radical (unpaired) electrons. The van der Waals surface area contributed by atoms with E-state index in [-0.39, 0.29) is 24.6 Å². The number of rotatable bonds is 8. The van der Waals surface area contributed by atoms with Gasteiger partial charge >= 0.3 is 12.1 Å². The average Bonchev–Trinajstić information content (AvgIpc) is 2.94. The van der Waals surface area contributed by atoms with Crippen LogP contribution in [0.15, 0.2) is 24.7 Å². The van der Waals surface area contributed by atoms with Gasteiger partial charge in [0.25, 0.3) is 0 Å². The summed E-state index contributed by atoms with van der Waals surface area (Å²) in [5.74, 6) is 1.53. The van der Waals surface area contributed by atoms with Gasteiger partial charge in [0.05, 0.1) is 31.6 Å². The first-order valence-electron chi connectivity index (χ1n) is 13.2. The van der Waals surface area contributed by atoms with Crippen LogP contribution in [0.2, 0.25) is 0 Å². The van der Waals surface area contributed by atoms with Gasteiger partial charge in [0.15, 0.2) is 5.82 Å². The van der Waals surface area contributed by atoms with Gasteiger partial charge in [-0.25, -0.2) is 28.9 Å². The average molecular weight is 546 g/mol. The molecule has 0 spiro atoms. The van der Waals surface area contributed by atoms with Gasteiger partial charge in [-0.1, -0.05) is 0 Å². The third-order valence-electron chi connectivity index (χ3n) is 6.92. The van der Waals surface area contributed by atoms with E-state index in [9.17, 15) is 14.0 Å². The summed E-state index contributed by atoms with van der Waals surface area (Å²) in [5.41, 5.74) is 0. The third kappa shape index (κ3) is 7.85. The lowest BCUT2D eigenvalue weighted by Gasteiger charge is -2.39. The largest absolute Gasteiger partial charge is 0.477 e. The highest BCUT2D eigenvalue weighted by Crippen LogP contribution is 2.23. The lowest BCUT2D eigenvalue weighted by atomic mass is 9.98. The first kappa shape index (κ1) is 28.2. The van der Waals surface area contributed by atoms with Gasteiger partial charge in [-0.3, -0.25) is 10.6 Å². The van der Waals surface area contributed by atoms with E-state index in [0.29, 0.717) is 37.5 Å². The molecular weight excluding hydrogens is 509 g/mol. The molecule has 0 unspecified atom stereocenters. The summed E-state index contributed by atoms with van der Waals surface area (Å²) < 4.78 is 25.6. The Morgan fingerprint density at radius 1 is 1.10 bits per heavy atom. The van der Waals surface area contributed by atoms with Crippen molar-refractivity contribution in [2.45, 2.75) is 38.4 Å². The number of halogens is 1. The van der Waals surface area contributed by atoms with E-state index in [1.165, 1.54) is 30.5 Å². The molecule has 0 aromatic carbocycles. The van der Waals surface area contributed by atoms with Crippen LogP contribution in [0, 0.1) is 5.92 Å². The van der Waals surface area contributed by atoms with Crippen molar-refractivity contribution >= 4 is 29.7 Å². The smallest absolute Gasteiger partial charge is 0.412 e. The van der Waals surface area contributed by atoms with Crippen molar-refractivity contribution in [3.63, 3.8) is 0 Å². The second-order valence-electron chi connectivity index (χ2n) is 9.74. The summed E-state index contributed by atoms with van der Waals surface area (Å²) in [6.07, 6.45) is 4.66. The normalized spacial score (nSPS) is 20.3. The monoisotopic (exact) mass is 545 g/mol. The van der Waals surface area contributed by atoms with Gasteiger partial charge in [-0.15, -0.1) is 0 Å². The zero-order chi connectivity index (χ0) is 27.8. The number of amides is 3. The van der Waals surface area contributed by atoms with E-state index in [2.05, 4.69) is 42.5 Å². The van der Waals surface area contributed by atoms with Crippen LogP contribution < -0.4 is 20.3 Å². The first-order valence-corrected chi connectivity index (χ1v) is 13.2. The second-order valence-corrected chi connectivity index (χ2v) is 9.74. The molecule has 2 aliphatic rings. The van der Waals surface area contributed by atoms with Crippen LogP contribution in [0.5, 0.6) is 5.88 Å². The van der Waals surface area contributed by atoms with Gasteiger partial charge in [-0.05, 0) is 58.3 Å². The summed E-state index contributed by atoms with van der Waals surface area (Å²) in [4.78, 5) is 47.4. The zero-order valence-corrected chi connectivity index (χ0v) is 22.5. The zero-order valence-electron chi connectivity index (χ0n) is 22.5. The Bertz CT molecular complexity index is 1100. The Morgan fingerprint density at radius 3 is 2.62 bits per heavy atom. The van der Waals surface area contributed by atoms with Gasteiger partial charge in [0.1, 0.15) is 12.0 Å². The van der Waals surface area contributed by atoms with Crippen LogP contribution >= 0.6 is 0 Å². The molecule has 2 aliphatic heterocycles. The second kappa shape index (κ2) is 13.3. The van der Waals surface area contributed by atoms with Crippen LogP contribution in [0.3, 0.4) is 0 Å². The molecule has 14 heteroatoms. The number of hydrogen-bond donors (Lipinski definition) is 2. The number of piperidine rings is 2. The van der Waals surface area contributed by atoms with Gasteiger partial charge in [0.2, 0.25) is 11.8 Å². The van der Waals surface area contributed by atoms with E-state index in [1.54, 1.807) is 11.0 Å². The highest BCUT2D eigenvalue weighted by atomic mass is 19.1. The number of aromatic nitrogens is 4. The summed E-state index contributed by atoms with van der Waals surface area (Å²) in [6.45, 7) is 5.16. The summed E-state index contributed by atoms with van der Waals surface area (Å²) >= 11 is 0. The van der Waals surface area contributed by atoms with Crippen LogP contribution in [0.25, 0.3) is 0 Å². The molecule has 2 atom stereocenters. The maximum Gasteiger partial charge on any atom is 0.412 e. The maximum atomic E-state index is 14.9. The molecule has 2 saturated heterocycles. The molecule has 2 aromatic heterocycles. The van der Waals surface area contributed by atoms with E-state index in [0.717, 1.165) is 25.9 Å². The molecule has 39 heavy (non-hydrogen) atoms. The molecule has 0 saturated carbocycles. The number of nitrogens with one attached hydrogen (secondary N) is 2. The van der Waals surface area contributed by atoms with Crippen molar-refractivity contribution in [3.8, 4) is 5.88 Å². The number of hydrogen-bond acceptors (Lipinski definition) is 10. The number of ether oxygens (including phenoxy) is 2. The van der Waals surface area contributed by atoms with E-state index in [1.807, 2.05) is 6.92 Å². The van der Waals surface area contributed by atoms with Crippen molar-refractivity contribution in [3.05, 3.63) is 24.7 Å². The summed E-state index contributed by atoms with van der Waals surface area (Å²) in [7, 11) is 3.61. The quantitative estimate of drug-likeness (QED) is 0.509. The molecule has 3 amide bonds. The Balaban J connectivity index is 1.31. The van der Waals surface area contributed by atoms with Gasteiger partial charge in [0, 0.05) is 26.3 Å². The highest BCUT2D eigenvalue weighted by molar-refractivity contribution is 5.88. The Hall–Kier alpha value is -3.81. The van der Waals surface area contributed by atoms with Crippen molar-refractivity contribution in [2.75, 3.05) is 69.0 Å². The minimum Gasteiger partial charge on any atom is -0.477 e. The number of carbonyl (C=O) groups is 2. The fourth-order valence-electron chi connectivity index (χ4n) is 4.53. The lowest BCUT2D eigenvalue weighted by molar-refractivity contribution is 0.112. The van der Waals surface area contributed by atoms with Crippen LogP contribution in [-0.4, -0.2) is 108 Å². The molecule has 0 aliphatic carbocycles. The number of carbonyl (C=O) groups excluding carboxylic acids is 2. The fraction of sp³-hybridized carbons (Fsp3) is 0.600. The number of nitrogens with zero attached hydrogens (tertiary/aromatic N) is 7. The Morgan fingerprint density at radius 2 is 1.90 bits per heavy atom. The number of likely N-dealkylation sites (tertiary alicyclic amines) is 1. The minimum atomic E-state index is -1.24. The Labute approximate surface area is 227 Å². The van der Waals surface area contributed by atoms with E-state index < -0.39 is 24.3 Å². The number of urea groups is 1. The molecule has 2 N–H and O–H groups in total. The molecule has 2 aromatic rings. The molecule has 0 bridgehead atoms. The summed E-state index contributed by atoms with van der Waals surface area (Å²) in [6, 6.07) is 0.290. The minimum absolute atomic E-state index is 0.171. The predicted molar refractivity (Wildman–Crippen MR) is 143 cm³/mol. The van der Waals surface area contributed by atoms with Crippen LogP contribution in [-0.2, 0) is 4.74 Å². The number of likely N-dealkylation sites (N-methyl/N-ethyl adjacent to an activating group) is 1. The van der Waals surface area contributed by atoms with Crippen molar-refractivity contribution in [2.24, 2.45) is 5.92 Å². The van der Waals surface area contributed by atoms with Gasteiger partial charge < -0.3 is 24.2 Å². The lowest BCUT2D eigenvalue weighted by Crippen LogP contribution is -2.55.